The van der Waals surface area contributed by atoms with Crippen molar-refractivity contribution < 1.29 is 19.1 Å². The van der Waals surface area contributed by atoms with Crippen molar-refractivity contribution in [3.63, 3.8) is 0 Å². The SMILES string of the molecule is CCOc1cccc2oc(=O)c(NC(=O)c3ccccc3)c(O)c12. The molecule has 2 aromatic carbocycles. The molecule has 0 aliphatic rings. The van der Waals surface area contributed by atoms with Gasteiger partial charge in [-0.2, -0.15) is 0 Å². The number of ether oxygens (including phenoxy) is 1. The number of hydrogen-bond acceptors (Lipinski definition) is 5. The van der Waals surface area contributed by atoms with Crippen molar-refractivity contribution in [1.82, 2.24) is 0 Å². The highest BCUT2D eigenvalue weighted by atomic mass is 16.5. The summed E-state index contributed by atoms with van der Waals surface area (Å²) in [5, 5.41) is 13.1. The molecule has 2 N–H and O–H groups in total. The molecule has 1 aromatic heterocycles. The normalized spacial score (nSPS) is 10.5. The molecule has 0 bridgehead atoms. The molecule has 0 unspecified atom stereocenters. The van der Waals surface area contributed by atoms with E-state index in [1.807, 2.05) is 0 Å². The number of carbonyl (C=O) groups is 1. The summed E-state index contributed by atoms with van der Waals surface area (Å²) in [6.07, 6.45) is 0. The van der Waals surface area contributed by atoms with Gasteiger partial charge in [0.15, 0.2) is 11.4 Å². The van der Waals surface area contributed by atoms with Crippen LogP contribution in [0.25, 0.3) is 11.0 Å². The molecule has 0 saturated carbocycles. The highest BCUT2D eigenvalue weighted by molar-refractivity contribution is 6.06. The van der Waals surface area contributed by atoms with Gasteiger partial charge in [0.1, 0.15) is 16.7 Å². The molecule has 6 heteroatoms. The van der Waals surface area contributed by atoms with Crippen LogP contribution in [0.3, 0.4) is 0 Å². The number of anilines is 1. The van der Waals surface area contributed by atoms with Gasteiger partial charge in [0.25, 0.3) is 5.91 Å². The van der Waals surface area contributed by atoms with E-state index in [0.29, 0.717) is 17.9 Å². The predicted molar refractivity (Wildman–Crippen MR) is 89.7 cm³/mol. The first-order valence-corrected chi connectivity index (χ1v) is 7.39. The smallest absolute Gasteiger partial charge is 0.364 e. The van der Waals surface area contributed by atoms with Crippen LogP contribution in [0, 0.1) is 0 Å². The van der Waals surface area contributed by atoms with Crippen LogP contribution in [0.15, 0.2) is 57.7 Å². The van der Waals surface area contributed by atoms with Gasteiger partial charge < -0.3 is 19.6 Å². The lowest BCUT2D eigenvalue weighted by molar-refractivity contribution is 0.102. The molecule has 0 radical (unpaired) electrons. The van der Waals surface area contributed by atoms with Crippen LogP contribution in [0.4, 0.5) is 5.69 Å². The van der Waals surface area contributed by atoms with Crippen molar-refractivity contribution in [3.05, 3.63) is 64.5 Å². The van der Waals surface area contributed by atoms with E-state index in [9.17, 15) is 14.7 Å². The van der Waals surface area contributed by atoms with Gasteiger partial charge in [-0.25, -0.2) is 4.79 Å². The molecule has 0 atom stereocenters. The average Bonchev–Trinajstić information content (AvgIpc) is 2.59. The van der Waals surface area contributed by atoms with Crippen LogP contribution in [0.2, 0.25) is 0 Å². The number of nitrogens with one attached hydrogen (secondary N) is 1. The van der Waals surface area contributed by atoms with Crippen LogP contribution in [-0.4, -0.2) is 17.6 Å². The Kier molecular flexibility index (Phi) is 4.20. The summed E-state index contributed by atoms with van der Waals surface area (Å²) < 4.78 is 10.6. The van der Waals surface area contributed by atoms with E-state index < -0.39 is 11.5 Å². The maximum absolute atomic E-state index is 12.2. The molecule has 0 spiro atoms. The minimum atomic E-state index is -0.835. The number of carbonyl (C=O) groups excluding carboxylic acids is 1. The third-order valence-electron chi connectivity index (χ3n) is 3.44. The second-order valence-electron chi connectivity index (χ2n) is 5.00. The summed E-state index contributed by atoms with van der Waals surface area (Å²) in [5.41, 5.74) is -0.614. The van der Waals surface area contributed by atoms with Gasteiger partial charge in [0.2, 0.25) is 0 Å². The summed E-state index contributed by atoms with van der Waals surface area (Å²) in [6, 6.07) is 13.2. The molecule has 6 nitrogen and oxygen atoms in total. The van der Waals surface area contributed by atoms with Gasteiger partial charge in [0, 0.05) is 5.56 Å². The molecule has 24 heavy (non-hydrogen) atoms. The Bertz CT molecular complexity index is 947. The molecule has 0 saturated heterocycles. The van der Waals surface area contributed by atoms with Gasteiger partial charge in [-0.1, -0.05) is 24.3 Å². The fraction of sp³-hybridized carbons (Fsp3) is 0.111. The highest BCUT2D eigenvalue weighted by Crippen LogP contribution is 2.36. The van der Waals surface area contributed by atoms with Crippen molar-refractivity contribution >= 4 is 22.6 Å². The number of rotatable bonds is 4. The molecule has 0 fully saturated rings. The Morgan fingerprint density at radius 3 is 2.62 bits per heavy atom. The molecule has 0 aliphatic heterocycles. The minimum absolute atomic E-state index is 0.182. The summed E-state index contributed by atoms with van der Waals surface area (Å²) in [4.78, 5) is 24.3. The lowest BCUT2D eigenvalue weighted by Gasteiger charge is -2.11. The fourth-order valence-electron chi connectivity index (χ4n) is 2.36. The number of benzene rings is 2. The van der Waals surface area contributed by atoms with E-state index in [4.69, 9.17) is 9.15 Å². The van der Waals surface area contributed by atoms with Crippen LogP contribution in [0.1, 0.15) is 17.3 Å². The van der Waals surface area contributed by atoms with Crippen LogP contribution >= 0.6 is 0 Å². The van der Waals surface area contributed by atoms with Gasteiger partial charge in [0.05, 0.1) is 6.61 Å². The molecular weight excluding hydrogens is 310 g/mol. The summed E-state index contributed by atoms with van der Waals surface area (Å²) >= 11 is 0. The van der Waals surface area contributed by atoms with Crippen LogP contribution in [-0.2, 0) is 0 Å². The first-order valence-electron chi connectivity index (χ1n) is 7.39. The largest absolute Gasteiger partial charge is 0.505 e. The van der Waals surface area contributed by atoms with Gasteiger partial charge in [-0.15, -0.1) is 0 Å². The summed E-state index contributed by atoms with van der Waals surface area (Å²) in [6.45, 7) is 2.18. The molecule has 1 amide bonds. The number of hydrogen-bond donors (Lipinski definition) is 2. The minimum Gasteiger partial charge on any atom is -0.505 e. The van der Waals surface area contributed by atoms with Crippen molar-refractivity contribution in [3.8, 4) is 11.5 Å². The third kappa shape index (κ3) is 2.81. The molecule has 122 valence electrons. The van der Waals surface area contributed by atoms with E-state index in [-0.39, 0.29) is 22.4 Å². The number of aromatic hydroxyl groups is 1. The summed E-state index contributed by atoms with van der Waals surface area (Å²) in [5.74, 6) is -0.535. The summed E-state index contributed by atoms with van der Waals surface area (Å²) in [7, 11) is 0. The van der Waals surface area contributed by atoms with E-state index in [1.165, 1.54) is 0 Å². The zero-order valence-corrected chi connectivity index (χ0v) is 12.9. The number of fused-ring (bicyclic) bond motifs is 1. The van der Waals surface area contributed by atoms with E-state index in [2.05, 4.69) is 5.32 Å². The molecule has 1 heterocycles. The zero-order chi connectivity index (χ0) is 17.1. The molecule has 0 aliphatic carbocycles. The molecular formula is C18H15NO5. The standard InChI is InChI=1S/C18H15NO5/c1-2-23-12-9-6-10-13-14(12)16(20)15(18(22)24-13)19-17(21)11-7-4-3-5-8-11/h3-10,20H,2H2,1H3,(H,19,21). The average molecular weight is 325 g/mol. The second kappa shape index (κ2) is 6.45. The quantitative estimate of drug-likeness (QED) is 0.719. The van der Waals surface area contributed by atoms with E-state index in [0.717, 1.165) is 0 Å². The number of amides is 1. The Labute approximate surface area is 137 Å². The fourth-order valence-corrected chi connectivity index (χ4v) is 2.36. The first kappa shape index (κ1) is 15.6. The first-order chi connectivity index (χ1) is 11.6. The molecule has 3 rings (SSSR count). The Morgan fingerprint density at radius 2 is 1.92 bits per heavy atom. The monoisotopic (exact) mass is 325 g/mol. The van der Waals surface area contributed by atoms with Crippen LogP contribution < -0.4 is 15.7 Å². The van der Waals surface area contributed by atoms with Crippen LogP contribution in [0.5, 0.6) is 11.5 Å². The Hall–Kier alpha value is -3.28. The van der Waals surface area contributed by atoms with Crippen molar-refractivity contribution in [2.75, 3.05) is 11.9 Å². The zero-order valence-electron chi connectivity index (χ0n) is 12.9. The van der Waals surface area contributed by atoms with Crippen molar-refractivity contribution in [1.29, 1.82) is 0 Å². The van der Waals surface area contributed by atoms with Gasteiger partial charge >= 0.3 is 5.63 Å². The lowest BCUT2D eigenvalue weighted by Crippen LogP contribution is -2.18. The van der Waals surface area contributed by atoms with Gasteiger partial charge in [-0.3, -0.25) is 4.79 Å². The second-order valence-corrected chi connectivity index (χ2v) is 5.00. The molecule has 3 aromatic rings. The topological polar surface area (TPSA) is 88.8 Å². The van der Waals surface area contributed by atoms with Crippen molar-refractivity contribution in [2.45, 2.75) is 6.92 Å². The van der Waals surface area contributed by atoms with Crippen molar-refractivity contribution in [2.24, 2.45) is 0 Å². The third-order valence-corrected chi connectivity index (χ3v) is 3.44. The Morgan fingerprint density at radius 1 is 1.17 bits per heavy atom. The Balaban J connectivity index is 2.10. The predicted octanol–water partition coefficient (Wildman–Crippen LogP) is 3.15. The van der Waals surface area contributed by atoms with E-state index in [1.54, 1.807) is 55.5 Å². The maximum atomic E-state index is 12.2. The maximum Gasteiger partial charge on any atom is 0.364 e. The lowest BCUT2D eigenvalue weighted by atomic mass is 10.1. The highest BCUT2D eigenvalue weighted by Gasteiger charge is 2.19. The van der Waals surface area contributed by atoms with E-state index >= 15 is 0 Å². The van der Waals surface area contributed by atoms with Gasteiger partial charge in [-0.05, 0) is 31.2 Å².